The molecular formula is C35H36F7N3O5S. The van der Waals surface area contributed by atoms with E-state index in [-0.39, 0.29) is 63.8 Å². The molecule has 2 amide bonds. The van der Waals surface area contributed by atoms with E-state index >= 15 is 4.79 Å². The molecule has 0 radical (unpaired) electrons. The van der Waals surface area contributed by atoms with Crippen LogP contribution in [-0.4, -0.2) is 62.4 Å². The number of carbonyl (C=O) groups excluding carboxylic acids is 2. The highest BCUT2D eigenvalue weighted by atomic mass is 32.1. The minimum Gasteiger partial charge on any atom is -0.481 e. The zero-order chi connectivity index (χ0) is 37.1. The monoisotopic (exact) mass is 743 g/mol. The highest BCUT2D eigenvalue weighted by molar-refractivity contribution is 7.10. The van der Waals surface area contributed by atoms with Crippen molar-refractivity contribution >= 4 is 29.1 Å². The maximum absolute atomic E-state index is 15.2. The highest BCUT2D eigenvalue weighted by Crippen LogP contribution is 2.45. The number of carboxylic acid groups (broad SMARTS) is 1. The number of aromatic nitrogens is 1. The molecule has 2 aliphatic rings. The van der Waals surface area contributed by atoms with Crippen LogP contribution in [0.2, 0.25) is 0 Å². The maximum Gasteiger partial charge on any atom is 0.425 e. The minimum absolute atomic E-state index is 0.0344. The summed E-state index contributed by atoms with van der Waals surface area (Å²) in [6.07, 6.45) is -7.31. The van der Waals surface area contributed by atoms with Crippen molar-refractivity contribution in [3.8, 4) is 5.75 Å². The smallest absolute Gasteiger partial charge is 0.425 e. The van der Waals surface area contributed by atoms with Crippen LogP contribution in [0.5, 0.6) is 5.75 Å². The molecule has 16 heteroatoms. The number of carboxylic acids is 1. The lowest BCUT2D eigenvalue weighted by Crippen LogP contribution is -2.68. The standard InChI is InChI=1S/C35H36F7N3O5S/c1-2-7-27-33(50-23-19-28(51-20-23)35(40,41)42,14-6-16-45(27)31(48)30-25(34(37,38)39)8-5-15-43-30)32(49)44-17-13-21-18-22(36)11-12-24(21)26(44)9-3-4-10-29(46)47/h5,8,11-12,15,18-20,26-27H,2-4,6-7,9-10,13-14,16-17H2,1H3,(H,46,47). The van der Waals surface area contributed by atoms with E-state index in [1.54, 1.807) is 6.92 Å². The van der Waals surface area contributed by atoms with Crippen LogP contribution >= 0.6 is 11.3 Å². The molecule has 1 saturated heterocycles. The summed E-state index contributed by atoms with van der Waals surface area (Å²) in [6, 6.07) is 4.70. The molecule has 5 rings (SSSR count). The molecular weight excluding hydrogens is 707 g/mol. The summed E-state index contributed by atoms with van der Waals surface area (Å²) in [7, 11) is 0. The van der Waals surface area contributed by atoms with Crippen LogP contribution < -0.4 is 4.74 Å². The van der Waals surface area contributed by atoms with Gasteiger partial charge in [-0.05, 0) is 67.5 Å². The van der Waals surface area contributed by atoms with Crippen molar-refractivity contribution in [2.24, 2.45) is 0 Å². The quantitative estimate of drug-likeness (QED) is 0.157. The first-order chi connectivity index (χ1) is 24.1. The molecule has 3 aromatic rings. The Balaban J connectivity index is 1.62. The number of hydrogen-bond acceptors (Lipinski definition) is 6. The molecule has 1 fully saturated rings. The molecule has 276 valence electrons. The summed E-state index contributed by atoms with van der Waals surface area (Å²) < 4.78 is 104. The Morgan fingerprint density at radius 2 is 1.78 bits per heavy atom. The highest BCUT2D eigenvalue weighted by Gasteiger charge is 2.57. The third-order valence-corrected chi connectivity index (χ3v) is 10.3. The number of thiophene rings is 1. The number of amides is 2. The molecule has 2 aromatic heterocycles. The van der Waals surface area contributed by atoms with Crippen LogP contribution in [0.3, 0.4) is 0 Å². The Labute approximate surface area is 293 Å². The summed E-state index contributed by atoms with van der Waals surface area (Å²) >= 11 is 0.349. The molecule has 3 unspecified atom stereocenters. The van der Waals surface area contributed by atoms with Crippen molar-refractivity contribution in [2.45, 2.75) is 94.7 Å². The number of carbonyl (C=O) groups is 3. The van der Waals surface area contributed by atoms with Gasteiger partial charge in [0.25, 0.3) is 11.8 Å². The Morgan fingerprint density at radius 3 is 2.45 bits per heavy atom. The van der Waals surface area contributed by atoms with Crippen molar-refractivity contribution in [3.63, 3.8) is 0 Å². The van der Waals surface area contributed by atoms with Gasteiger partial charge in [0.05, 0.1) is 17.6 Å². The number of likely N-dealkylation sites (tertiary alicyclic amines) is 1. The average Bonchev–Trinajstić information content (AvgIpc) is 3.55. The number of rotatable bonds is 11. The van der Waals surface area contributed by atoms with Gasteiger partial charge in [0.1, 0.15) is 22.1 Å². The van der Waals surface area contributed by atoms with Crippen LogP contribution in [0.1, 0.15) is 96.4 Å². The van der Waals surface area contributed by atoms with Crippen molar-refractivity contribution in [1.29, 1.82) is 0 Å². The van der Waals surface area contributed by atoms with E-state index in [2.05, 4.69) is 4.98 Å². The molecule has 0 aliphatic carbocycles. The van der Waals surface area contributed by atoms with Crippen LogP contribution in [0.4, 0.5) is 30.7 Å². The topological polar surface area (TPSA) is 100 Å². The number of hydrogen-bond donors (Lipinski definition) is 1. The number of aliphatic carboxylic acids is 1. The lowest BCUT2D eigenvalue weighted by molar-refractivity contribution is -0.162. The first-order valence-corrected chi connectivity index (χ1v) is 17.4. The van der Waals surface area contributed by atoms with E-state index in [9.17, 15) is 45.4 Å². The fraction of sp³-hybridized carbons (Fsp3) is 0.486. The van der Waals surface area contributed by atoms with E-state index in [0.29, 0.717) is 35.3 Å². The Bertz CT molecular complexity index is 1750. The lowest BCUT2D eigenvalue weighted by atomic mass is 9.78. The molecule has 0 saturated carbocycles. The fourth-order valence-corrected chi connectivity index (χ4v) is 7.84. The number of fused-ring (bicyclic) bond motifs is 1. The minimum atomic E-state index is -4.93. The van der Waals surface area contributed by atoms with Crippen LogP contribution in [0.25, 0.3) is 0 Å². The normalized spacial score (nSPS) is 20.9. The van der Waals surface area contributed by atoms with Gasteiger partial charge in [-0.1, -0.05) is 25.8 Å². The Kier molecular flexibility index (Phi) is 11.3. The zero-order valence-electron chi connectivity index (χ0n) is 27.5. The zero-order valence-corrected chi connectivity index (χ0v) is 28.3. The van der Waals surface area contributed by atoms with Crippen LogP contribution in [0.15, 0.2) is 48.0 Å². The first kappa shape index (κ1) is 38.0. The summed E-state index contributed by atoms with van der Waals surface area (Å²) in [4.78, 5) is 45.9. The van der Waals surface area contributed by atoms with Crippen molar-refractivity contribution in [3.05, 3.63) is 81.1 Å². The molecule has 8 nitrogen and oxygen atoms in total. The van der Waals surface area contributed by atoms with Gasteiger partial charge < -0.3 is 19.6 Å². The second-order valence-corrected chi connectivity index (χ2v) is 13.6. The van der Waals surface area contributed by atoms with E-state index in [0.717, 1.165) is 34.7 Å². The van der Waals surface area contributed by atoms with Gasteiger partial charge >= 0.3 is 18.3 Å². The van der Waals surface area contributed by atoms with E-state index in [1.807, 2.05) is 0 Å². The maximum atomic E-state index is 15.2. The summed E-state index contributed by atoms with van der Waals surface area (Å²) in [5.41, 5.74) is -2.96. The van der Waals surface area contributed by atoms with E-state index in [1.165, 1.54) is 23.1 Å². The Hall–Kier alpha value is -4.21. The molecule has 2 aliphatic heterocycles. The van der Waals surface area contributed by atoms with Gasteiger partial charge in [-0.25, -0.2) is 4.39 Å². The first-order valence-electron chi connectivity index (χ1n) is 16.6. The number of halogens is 7. The van der Waals surface area contributed by atoms with Gasteiger partial charge in [-0.3, -0.25) is 19.4 Å². The molecule has 3 atom stereocenters. The number of ether oxygens (including phenoxy) is 1. The number of unbranched alkanes of at least 4 members (excludes halogenated alkanes) is 1. The second kappa shape index (κ2) is 15.2. The van der Waals surface area contributed by atoms with Crippen LogP contribution in [-0.2, 0) is 28.4 Å². The van der Waals surface area contributed by atoms with E-state index < -0.39 is 69.8 Å². The number of alkyl halides is 6. The number of nitrogens with zero attached hydrogens (tertiary/aromatic N) is 3. The molecule has 1 N–H and O–H groups in total. The fourth-order valence-electron chi connectivity index (χ4n) is 7.17. The van der Waals surface area contributed by atoms with Gasteiger partial charge in [0.2, 0.25) is 5.60 Å². The van der Waals surface area contributed by atoms with E-state index in [4.69, 9.17) is 4.74 Å². The molecule has 51 heavy (non-hydrogen) atoms. The summed E-state index contributed by atoms with van der Waals surface area (Å²) in [5.74, 6) is -3.58. The summed E-state index contributed by atoms with van der Waals surface area (Å²) in [5, 5.41) is 10.3. The van der Waals surface area contributed by atoms with Crippen molar-refractivity contribution in [1.82, 2.24) is 14.8 Å². The Morgan fingerprint density at radius 1 is 1.02 bits per heavy atom. The predicted octanol–water partition coefficient (Wildman–Crippen LogP) is 8.31. The summed E-state index contributed by atoms with van der Waals surface area (Å²) in [6.45, 7) is 1.69. The van der Waals surface area contributed by atoms with Gasteiger partial charge in [0, 0.05) is 43.6 Å². The third kappa shape index (κ3) is 8.15. The molecule has 1 aromatic carbocycles. The second-order valence-electron chi connectivity index (χ2n) is 12.7. The van der Waals surface area contributed by atoms with Crippen molar-refractivity contribution in [2.75, 3.05) is 13.1 Å². The third-order valence-electron chi connectivity index (χ3n) is 9.36. The van der Waals surface area contributed by atoms with Gasteiger partial charge in [-0.2, -0.15) is 26.3 Å². The predicted molar refractivity (Wildman–Crippen MR) is 172 cm³/mol. The average molecular weight is 744 g/mol. The number of pyridine rings is 1. The van der Waals surface area contributed by atoms with Gasteiger partial charge in [0.15, 0.2) is 0 Å². The number of piperidine rings is 1. The van der Waals surface area contributed by atoms with Crippen LogP contribution in [0, 0.1) is 5.82 Å². The SMILES string of the molecule is CCCC1N(C(=O)c2ncccc2C(F)(F)F)CCCC1(Oc1csc(C(F)(F)F)c1)C(=O)N1CCc2cc(F)ccc2C1CCCCC(=O)O. The lowest BCUT2D eigenvalue weighted by Gasteiger charge is -2.51. The molecule has 0 spiro atoms. The van der Waals surface area contributed by atoms with Crippen molar-refractivity contribution < 1.29 is 55.0 Å². The largest absolute Gasteiger partial charge is 0.481 e. The van der Waals surface area contributed by atoms with Gasteiger partial charge in [-0.15, -0.1) is 11.3 Å². The molecule has 4 heterocycles. The number of benzene rings is 1. The molecule has 0 bridgehead atoms.